The first-order valence-corrected chi connectivity index (χ1v) is 13.6. The van der Waals surface area contributed by atoms with Crippen LogP contribution in [0.4, 0.5) is 5.13 Å². The number of benzene rings is 2. The summed E-state index contributed by atoms with van der Waals surface area (Å²) in [6.07, 6.45) is 3.57. The molecule has 0 aliphatic carbocycles. The SMILES string of the molecule is CC1CCN(S(=O)(=O)c2cccc(-c3csc(N/N=C/c4ccc(C(C)C)cc4)n3)c2)CC1. The summed E-state index contributed by atoms with van der Waals surface area (Å²) in [6.45, 7) is 7.67. The predicted octanol–water partition coefficient (Wildman–Crippen LogP) is 5.80. The van der Waals surface area contributed by atoms with Crippen molar-refractivity contribution < 1.29 is 8.42 Å². The normalized spacial score (nSPS) is 16.0. The van der Waals surface area contributed by atoms with E-state index in [1.165, 1.54) is 16.9 Å². The van der Waals surface area contributed by atoms with E-state index in [0.29, 0.717) is 35.0 Å². The Labute approximate surface area is 200 Å². The summed E-state index contributed by atoms with van der Waals surface area (Å²) in [5.41, 5.74) is 6.78. The summed E-state index contributed by atoms with van der Waals surface area (Å²) in [5, 5.41) is 6.85. The maximum Gasteiger partial charge on any atom is 0.243 e. The Morgan fingerprint density at radius 1 is 1.15 bits per heavy atom. The number of hydrogen-bond donors (Lipinski definition) is 1. The highest BCUT2D eigenvalue weighted by atomic mass is 32.2. The molecule has 0 bridgehead atoms. The van der Waals surface area contributed by atoms with Crippen molar-refractivity contribution in [1.82, 2.24) is 9.29 Å². The third kappa shape index (κ3) is 5.69. The van der Waals surface area contributed by atoms with Crippen molar-refractivity contribution in [2.24, 2.45) is 11.0 Å². The van der Waals surface area contributed by atoms with E-state index in [9.17, 15) is 8.42 Å². The number of thiazole rings is 1. The topological polar surface area (TPSA) is 74.7 Å². The largest absolute Gasteiger partial charge is 0.253 e. The number of piperidine rings is 1. The molecule has 0 amide bonds. The summed E-state index contributed by atoms with van der Waals surface area (Å²) >= 11 is 1.43. The molecule has 8 heteroatoms. The van der Waals surface area contributed by atoms with E-state index in [4.69, 9.17) is 0 Å². The fourth-order valence-electron chi connectivity index (χ4n) is 3.78. The average Bonchev–Trinajstić information content (AvgIpc) is 3.29. The highest BCUT2D eigenvalue weighted by molar-refractivity contribution is 7.89. The first-order chi connectivity index (χ1) is 15.8. The summed E-state index contributed by atoms with van der Waals surface area (Å²) < 4.78 is 27.8. The van der Waals surface area contributed by atoms with Crippen molar-refractivity contribution in [3.05, 3.63) is 65.0 Å². The molecule has 2 heterocycles. The van der Waals surface area contributed by atoms with Gasteiger partial charge in [0, 0.05) is 24.0 Å². The van der Waals surface area contributed by atoms with E-state index < -0.39 is 10.0 Å². The molecular formula is C25H30N4O2S2. The molecule has 1 N–H and O–H groups in total. The first-order valence-electron chi connectivity index (χ1n) is 11.3. The first kappa shape index (κ1) is 23.6. The smallest absolute Gasteiger partial charge is 0.243 e. The van der Waals surface area contributed by atoms with Crippen LogP contribution in [0.5, 0.6) is 0 Å². The zero-order chi connectivity index (χ0) is 23.4. The minimum Gasteiger partial charge on any atom is -0.253 e. The number of sulfonamides is 1. The predicted molar refractivity (Wildman–Crippen MR) is 136 cm³/mol. The molecular weight excluding hydrogens is 452 g/mol. The molecule has 1 fully saturated rings. The number of hydrazone groups is 1. The van der Waals surface area contributed by atoms with Gasteiger partial charge in [-0.1, -0.05) is 57.2 Å². The van der Waals surface area contributed by atoms with Gasteiger partial charge in [-0.15, -0.1) is 11.3 Å². The van der Waals surface area contributed by atoms with E-state index in [1.54, 1.807) is 28.7 Å². The van der Waals surface area contributed by atoms with Crippen LogP contribution in [0.25, 0.3) is 11.3 Å². The average molecular weight is 483 g/mol. The molecule has 1 aliphatic rings. The molecule has 1 saturated heterocycles. The highest BCUT2D eigenvalue weighted by Gasteiger charge is 2.28. The minimum atomic E-state index is -3.49. The van der Waals surface area contributed by atoms with Crippen LogP contribution in [0.3, 0.4) is 0 Å². The van der Waals surface area contributed by atoms with E-state index >= 15 is 0 Å². The van der Waals surface area contributed by atoms with Crippen LogP contribution in [-0.4, -0.2) is 37.0 Å². The van der Waals surface area contributed by atoms with Crippen molar-refractivity contribution in [2.75, 3.05) is 18.5 Å². The molecule has 0 saturated carbocycles. The Morgan fingerprint density at radius 3 is 2.58 bits per heavy atom. The number of nitrogens with zero attached hydrogens (tertiary/aromatic N) is 3. The number of anilines is 1. The van der Waals surface area contributed by atoms with Crippen LogP contribution in [0.2, 0.25) is 0 Å². The number of rotatable bonds is 7. The Balaban J connectivity index is 1.44. The third-order valence-electron chi connectivity index (χ3n) is 5.99. The number of hydrogen-bond acceptors (Lipinski definition) is 6. The monoisotopic (exact) mass is 482 g/mol. The third-order valence-corrected chi connectivity index (χ3v) is 8.63. The lowest BCUT2D eigenvalue weighted by Gasteiger charge is -2.29. The molecule has 33 heavy (non-hydrogen) atoms. The molecule has 4 rings (SSSR count). The van der Waals surface area contributed by atoms with Gasteiger partial charge in [0.05, 0.1) is 16.8 Å². The van der Waals surface area contributed by atoms with Gasteiger partial charge in [-0.2, -0.15) is 9.41 Å². The molecule has 6 nitrogen and oxygen atoms in total. The second-order valence-corrected chi connectivity index (χ2v) is 11.6. The van der Waals surface area contributed by atoms with Gasteiger partial charge in [0.25, 0.3) is 0 Å². The van der Waals surface area contributed by atoms with Gasteiger partial charge in [0.1, 0.15) is 0 Å². The molecule has 0 atom stereocenters. The molecule has 3 aromatic rings. The maximum atomic E-state index is 13.1. The van der Waals surface area contributed by atoms with Crippen molar-refractivity contribution in [1.29, 1.82) is 0 Å². The molecule has 0 spiro atoms. The Hall–Kier alpha value is -2.55. The quantitative estimate of drug-likeness (QED) is 0.341. The van der Waals surface area contributed by atoms with Crippen LogP contribution < -0.4 is 5.43 Å². The van der Waals surface area contributed by atoms with Crippen LogP contribution in [-0.2, 0) is 10.0 Å². The summed E-state index contributed by atoms with van der Waals surface area (Å²) in [5.74, 6) is 1.07. The zero-order valence-electron chi connectivity index (χ0n) is 19.2. The van der Waals surface area contributed by atoms with Crippen molar-refractivity contribution in [3.8, 4) is 11.3 Å². The van der Waals surface area contributed by atoms with Crippen molar-refractivity contribution in [3.63, 3.8) is 0 Å². The van der Waals surface area contributed by atoms with E-state index in [0.717, 1.165) is 29.7 Å². The minimum absolute atomic E-state index is 0.319. The van der Waals surface area contributed by atoms with E-state index in [-0.39, 0.29) is 0 Å². The van der Waals surface area contributed by atoms with Crippen molar-refractivity contribution in [2.45, 2.75) is 44.4 Å². The fourth-order valence-corrected chi connectivity index (χ4v) is 5.96. The molecule has 1 aromatic heterocycles. The second kappa shape index (κ2) is 10.2. The van der Waals surface area contributed by atoms with Gasteiger partial charge in [-0.3, -0.25) is 5.43 Å². The number of aromatic nitrogens is 1. The van der Waals surface area contributed by atoms with Gasteiger partial charge in [-0.25, -0.2) is 13.4 Å². The standard InChI is InChI=1S/C25H30N4O2S2/c1-18(2)21-9-7-20(8-10-21)16-26-28-25-27-24(17-32-25)22-5-4-6-23(15-22)33(30,31)29-13-11-19(3)12-14-29/h4-10,15-19H,11-14H2,1-3H3,(H,27,28)/b26-16+. The van der Waals surface area contributed by atoms with Gasteiger partial charge >= 0.3 is 0 Å². The van der Waals surface area contributed by atoms with Crippen LogP contribution >= 0.6 is 11.3 Å². The molecule has 174 valence electrons. The maximum absolute atomic E-state index is 13.1. The van der Waals surface area contributed by atoms with Gasteiger partial charge in [0.2, 0.25) is 15.2 Å². The second-order valence-electron chi connectivity index (χ2n) is 8.84. The van der Waals surface area contributed by atoms with Gasteiger partial charge in [-0.05, 0) is 47.9 Å². The lowest BCUT2D eigenvalue weighted by Crippen LogP contribution is -2.37. The van der Waals surface area contributed by atoms with E-state index in [2.05, 4.69) is 48.4 Å². The lowest BCUT2D eigenvalue weighted by molar-refractivity contribution is 0.288. The molecule has 0 unspecified atom stereocenters. The zero-order valence-corrected chi connectivity index (χ0v) is 20.9. The highest BCUT2D eigenvalue weighted by Crippen LogP contribution is 2.29. The van der Waals surface area contributed by atoms with E-state index in [1.807, 2.05) is 23.6 Å². The summed E-state index contributed by atoms with van der Waals surface area (Å²) in [4.78, 5) is 4.90. The van der Waals surface area contributed by atoms with Crippen molar-refractivity contribution >= 4 is 32.7 Å². The lowest BCUT2D eigenvalue weighted by atomic mass is 10.0. The van der Waals surface area contributed by atoms with Gasteiger partial charge in [0.15, 0.2) is 0 Å². The van der Waals surface area contributed by atoms with Crippen LogP contribution in [0.15, 0.2) is 63.9 Å². The Bertz CT molecular complexity index is 1210. The number of nitrogens with one attached hydrogen (secondary N) is 1. The Morgan fingerprint density at radius 2 is 1.88 bits per heavy atom. The molecule has 2 aromatic carbocycles. The fraction of sp³-hybridized carbons (Fsp3) is 0.360. The molecule has 0 radical (unpaired) electrons. The molecule has 1 aliphatic heterocycles. The Kier molecular flexibility index (Phi) is 7.26. The summed E-state index contributed by atoms with van der Waals surface area (Å²) in [7, 11) is -3.49. The summed E-state index contributed by atoms with van der Waals surface area (Å²) in [6, 6.07) is 15.3. The van der Waals surface area contributed by atoms with Crippen LogP contribution in [0, 0.1) is 5.92 Å². The van der Waals surface area contributed by atoms with Crippen LogP contribution in [0.1, 0.15) is 50.7 Å². The van der Waals surface area contributed by atoms with Gasteiger partial charge < -0.3 is 0 Å².